The second-order valence-corrected chi connectivity index (χ2v) is 5.06. The SMILES string of the molecule is CCCN1CCCN(Cc2ccc(N)nc2)CC1. The lowest BCUT2D eigenvalue weighted by atomic mass is 10.2. The van der Waals surface area contributed by atoms with Gasteiger partial charge in [0.25, 0.3) is 0 Å². The number of aromatic nitrogens is 1. The summed E-state index contributed by atoms with van der Waals surface area (Å²) in [5.74, 6) is 0.601. The maximum Gasteiger partial charge on any atom is 0.123 e. The van der Waals surface area contributed by atoms with Crippen molar-refractivity contribution in [2.75, 3.05) is 38.5 Å². The van der Waals surface area contributed by atoms with E-state index in [2.05, 4.69) is 27.8 Å². The van der Waals surface area contributed by atoms with Crippen molar-refractivity contribution in [3.63, 3.8) is 0 Å². The third kappa shape index (κ3) is 3.96. The molecule has 2 heterocycles. The Morgan fingerprint density at radius 1 is 1.17 bits per heavy atom. The minimum absolute atomic E-state index is 0.601. The van der Waals surface area contributed by atoms with Gasteiger partial charge in [0.15, 0.2) is 0 Å². The standard InChI is InChI=1S/C14H24N4/c1-2-6-17-7-3-8-18(10-9-17)12-13-4-5-14(15)16-11-13/h4-5,11H,2-3,6-10,12H2,1H3,(H2,15,16). The number of anilines is 1. The first-order valence-corrected chi connectivity index (χ1v) is 6.93. The third-order valence-electron chi connectivity index (χ3n) is 3.47. The van der Waals surface area contributed by atoms with Crippen LogP contribution in [0.5, 0.6) is 0 Å². The van der Waals surface area contributed by atoms with Crippen LogP contribution in [0.4, 0.5) is 5.82 Å². The largest absolute Gasteiger partial charge is 0.384 e. The fourth-order valence-corrected chi connectivity index (χ4v) is 2.51. The molecule has 2 rings (SSSR count). The molecule has 4 heteroatoms. The van der Waals surface area contributed by atoms with Gasteiger partial charge in [-0.15, -0.1) is 0 Å². The second kappa shape index (κ2) is 6.71. The molecule has 0 aromatic carbocycles. The average Bonchev–Trinajstić information content (AvgIpc) is 2.59. The van der Waals surface area contributed by atoms with E-state index in [1.165, 1.54) is 44.6 Å². The van der Waals surface area contributed by atoms with Gasteiger partial charge in [-0.3, -0.25) is 4.90 Å². The van der Waals surface area contributed by atoms with Crippen LogP contribution >= 0.6 is 0 Å². The Labute approximate surface area is 110 Å². The van der Waals surface area contributed by atoms with Crippen LogP contribution in [0, 0.1) is 0 Å². The molecule has 0 spiro atoms. The maximum atomic E-state index is 5.60. The van der Waals surface area contributed by atoms with Gasteiger partial charge in [-0.1, -0.05) is 13.0 Å². The van der Waals surface area contributed by atoms with Gasteiger partial charge >= 0.3 is 0 Å². The molecular weight excluding hydrogens is 224 g/mol. The van der Waals surface area contributed by atoms with Crippen molar-refractivity contribution in [3.05, 3.63) is 23.9 Å². The molecule has 0 aliphatic carbocycles. The fraction of sp³-hybridized carbons (Fsp3) is 0.643. The number of nitrogens with two attached hydrogens (primary N) is 1. The van der Waals surface area contributed by atoms with E-state index in [1.54, 1.807) is 0 Å². The predicted octanol–water partition coefficient (Wildman–Crippen LogP) is 1.58. The second-order valence-electron chi connectivity index (χ2n) is 5.06. The maximum absolute atomic E-state index is 5.60. The van der Waals surface area contributed by atoms with Gasteiger partial charge in [-0.05, 0) is 44.1 Å². The summed E-state index contributed by atoms with van der Waals surface area (Å²) < 4.78 is 0. The van der Waals surface area contributed by atoms with Crippen LogP contribution in [0.25, 0.3) is 0 Å². The highest BCUT2D eigenvalue weighted by molar-refractivity contribution is 5.29. The van der Waals surface area contributed by atoms with Crippen LogP contribution in [-0.2, 0) is 6.54 Å². The van der Waals surface area contributed by atoms with Crippen LogP contribution in [0.2, 0.25) is 0 Å². The molecule has 100 valence electrons. The Balaban J connectivity index is 1.84. The molecule has 0 bridgehead atoms. The monoisotopic (exact) mass is 248 g/mol. The van der Waals surface area contributed by atoms with Crippen LogP contribution in [0.15, 0.2) is 18.3 Å². The predicted molar refractivity (Wildman–Crippen MR) is 75.3 cm³/mol. The zero-order valence-electron chi connectivity index (χ0n) is 11.3. The van der Waals surface area contributed by atoms with Gasteiger partial charge < -0.3 is 10.6 Å². The van der Waals surface area contributed by atoms with Gasteiger partial charge in [0.1, 0.15) is 5.82 Å². The number of hydrogen-bond donors (Lipinski definition) is 1. The van der Waals surface area contributed by atoms with Gasteiger partial charge in [-0.2, -0.15) is 0 Å². The molecule has 1 fully saturated rings. The van der Waals surface area contributed by atoms with Gasteiger partial charge in [0.2, 0.25) is 0 Å². The number of rotatable bonds is 4. The molecule has 0 amide bonds. The molecule has 1 saturated heterocycles. The van der Waals surface area contributed by atoms with E-state index >= 15 is 0 Å². The number of hydrogen-bond acceptors (Lipinski definition) is 4. The van der Waals surface area contributed by atoms with Crippen LogP contribution in [0.1, 0.15) is 25.3 Å². The van der Waals surface area contributed by atoms with Crippen molar-refractivity contribution in [1.82, 2.24) is 14.8 Å². The molecule has 0 radical (unpaired) electrons. The van der Waals surface area contributed by atoms with Crippen molar-refractivity contribution >= 4 is 5.82 Å². The normalized spacial score (nSPS) is 18.7. The quantitative estimate of drug-likeness (QED) is 0.879. The average molecular weight is 248 g/mol. The zero-order chi connectivity index (χ0) is 12.8. The lowest BCUT2D eigenvalue weighted by Crippen LogP contribution is -2.31. The summed E-state index contributed by atoms with van der Waals surface area (Å²) in [6.45, 7) is 9.25. The summed E-state index contributed by atoms with van der Waals surface area (Å²) in [6, 6.07) is 3.97. The summed E-state index contributed by atoms with van der Waals surface area (Å²) in [6.07, 6.45) is 4.41. The van der Waals surface area contributed by atoms with E-state index in [4.69, 9.17) is 5.73 Å². The summed E-state index contributed by atoms with van der Waals surface area (Å²) in [7, 11) is 0. The molecule has 1 aliphatic heterocycles. The van der Waals surface area contributed by atoms with Crippen molar-refractivity contribution in [3.8, 4) is 0 Å². The molecular formula is C14H24N4. The summed E-state index contributed by atoms with van der Waals surface area (Å²) in [5, 5.41) is 0. The topological polar surface area (TPSA) is 45.4 Å². The van der Waals surface area contributed by atoms with E-state index in [0.29, 0.717) is 5.82 Å². The number of pyridine rings is 1. The summed E-state index contributed by atoms with van der Waals surface area (Å²) in [4.78, 5) is 9.24. The minimum Gasteiger partial charge on any atom is -0.384 e. The first kappa shape index (κ1) is 13.3. The van der Waals surface area contributed by atoms with E-state index in [0.717, 1.165) is 13.1 Å². The van der Waals surface area contributed by atoms with Gasteiger partial charge in [0, 0.05) is 25.8 Å². The Kier molecular flexibility index (Phi) is 4.96. The third-order valence-corrected chi connectivity index (χ3v) is 3.47. The highest BCUT2D eigenvalue weighted by Gasteiger charge is 2.14. The lowest BCUT2D eigenvalue weighted by molar-refractivity contribution is 0.251. The van der Waals surface area contributed by atoms with Crippen molar-refractivity contribution in [2.24, 2.45) is 0 Å². The van der Waals surface area contributed by atoms with Crippen molar-refractivity contribution in [1.29, 1.82) is 0 Å². The minimum atomic E-state index is 0.601. The van der Waals surface area contributed by atoms with Crippen LogP contribution in [0.3, 0.4) is 0 Å². The summed E-state index contributed by atoms with van der Waals surface area (Å²) in [5.41, 5.74) is 6.86. The van der Waals surface area contributed by atoms with Crippen molar-refractivity contribution in [2.45, 2.75) is 26.3 Å². The molecule has 1 aromatic rings. The molecule has 4 nitrogen and oxygen atoms in total. The molecule has 1 aliphatic rings. The Bertz CT molecular complexity index is 349. The number of nitrogen functional groups attached to an aromatic ring is 1. The fourth-order valence-electron chi connectivity index (χ4n) is 2.51. The van der Waals surface area contributed by atoms with Gasteiger partial charge in [-0.25, -0.2) is 4.98 Å². The molecule has 2 N–H and O–H groups in total. The van der Waals surface area contributed by atoms with E-state index in [9.17, 15) is 0 Å². The van der Waals surface area contributed by atoms with Gasteiger partial charge in [0.05, 0.1) is 0 Å². The zero-order valence-corrected chi connectivity index (χ0v) is 11.3. The Morgan fingerprint density at radius 2 is 1.94 bits per heavy atom. The highest BCUT2D eigenvalue weighted by Crippen LogP contribution is 2.09. The first-order chi connectivity index (χ1) is 8.78. The Morgan fingerprint density at radius 3 is 2.67 bits per heavy atom. The van der Waals surface area contributed by atoms with Crippen LogP contribution in [-0.4, -0.2) is 47.5 Å². The first-order valence-electron chi connectivity index (χ1n) is 6.93. The molecule has 0 saturated carbocycles. The number of nitrogens with zero attached hydrogens (tertiary/aromatic N) is 3. The smallest absolute Gasteiger partial charge is 0.123 e. The molecule has 18 heavy (non-hydrogen) atoms. The van der Waals surface area contributed by atoms with E-state index in [-0.39, 0.29) is 0 Å². The molecule has 0 unspecified atom stereocenters. The van der Waals surface area contributed by atoms with Crippen molar-refractivity contribution < 1.29 is 0 Å². The molecule has 0 atom stereocenters. The lowest BCUT2D eigenvalue weighted by Gasteiger charge is -2.21. The van der Waals surface area contributed by atoms with Crippen LogP contribution < -0.4 is 5.73 Å². The molecule has 1 aromatic heterocycles. The summed E-state index contributed by atoms with van der Waals surface area (Å²) >= 11 is 0. The van der Waals surface area contributed by atoms with E-state index in [1.807, 2.05) is 12.3 Å². The Hall–Kier alpha value is -1.13. The van der Waals surface area contributed by atoms with E-state index < -0.39 is 0 Å². The highest BCUT2D eigenvalue weighted by atomic mass is 15.2.